The van der Waals surface area contributed by atoms with Crippen molar-refractivity contribution in [2.45, 2.75) is 26.4 Å². The maximum absolute atomic E-state index is 12.1. The monoisotopic (exact) mass is 330 g/mol. The van der Waals surface area contributed by atoms with Gasteiger partial charge in [0.2, 0.25) is 0 Å². The van der Waals surface area contributed by atoms with Gasteiger partial charge in [-0.05, 0) is 45.0 Å². The van der Waals surface area contributed by atoms with Crippen molar-refractivity contribution in [2.75, 3.05) is 31.1 Å². The average Bonchev–Trinajstić information content (AvgIpc) is 2.53. The topological polar surface area (TPSA) is 63.0 Å². The van der Waals surface area contributed by atoms with Crippen molar-refractivity contribution in [3.8, 4) is 0 Å². The van der Waals surface area contributed by atoms with Gasteiger partial charge in [0.15, 0.2) is 0 Å². The van der Waals surface area contributed by atoms with E-state index in [-0.39, 0.29) is 11.7 Å². The minimum absolute atomic E-state index is 0.262. The van der Waals surface area contributed by atoms with Crippen LogP contribution in [0.15, 0.2) is 39.5 Å². The molecular weight excluding hydrogens is 308 g/mol. The Morgan fingerprint density at radius 2 is 1.79 bits per heavy atom. The highest BCUT2D eigenvalue weighted by Gasteiger charge is 2.26. The van der Waals surface area contributed by atoms with Crippen LogP contribution in [-0.2, 0) is 4.74 Å². The van der Waals surface area contributed by atoms with Gasteiger partial charge in [-0.3, -0.25) is 0 Å². The van der Waals surface area contributed by atoms with Gasteiger partial charge in [0.05, 0.1) is 0 Å². The summed E-state index contributed by atoms with van der Waals surface area (Å²) in [6.07, 6.45) is -0.262. The van der Waals surface area contributed by atoms with Crippen LogP contribution < -0.4 is 10.5 Å². The Hall–Kier alpha value is -2.50. The lowest BCUT2D eigenvalue weighted by Gasteiger charge is -2.36. The molecule has 1 fully saturated rings. The third-order valence-electron chi connectivity index (χ3n) is 3.90. The van der Waals surface area contributed by atoms with E-state index in [1.807, 2.05) is 39.0 Å². The van der Waals surface area contributed by atoms with Crippen molar-refractivity contribution in [3.05, 3.63) is 40.8 Å². The number of carbonyl (C=O) groups excluding carboxylic acids is 1. The Morgan fingerprint density at radius 3 is 2.46 bits per heavy atom. The van der Waals surface area contributed by atoms with Crippen LogP contribution in [0.2, 0.25) is 0 Å². The minimum atomic E-state index is -0.476. The molecule has 0 spiro atoms. The number of fused-ring (bicyclic) bond motifs is 1. The van der Waals surface area contributed by atoms with Crippen molar-refractivity contribution in [3.63, 3.8) is 0 Å². The van der Waals surface area contributed by atoms with E-state index < -0.39 is 5.60 Å². The fourth-order valence-corrected chi connectivity index (χ4v) is 2.73. The molecule has 6 nitrogen and oxygen atoms in total. The molecule has 1 saturated heterocycles. The summed E-state index contributed by atoms with van der Waals surface area (Å²) in [4.78, 5) is 27.3. The van der Waals surface area contributed by atoms with Crippen LogP contribution in [0.3, 0.4) is 0 Å². The lowest BCUT2D eigenvalue weighted by atomic mass is 10.2. The Kier molecular flexibility index (Phi) is 4.22. The standard InChI is InChI=1S/C18H22N2O4/c1-18(2,3)24-17(22)20-10-8-19(9-11-20)14-5-6-15-13(12-14)4-7-16(21)23-15/h4-7,12H,8-11H2,1-3H3. The predicted molar refractivity (Wildman–Crippen MR) is 92.5 cm³/mol. The first-order valence-electron chi connectivity index (χ1n) is 8.09. The smallest absolute Gasteiger partial charge is 0.410 e. The molecule has 0 saturated carbocycles. The Bertz CT molecular complexity index is 799. The van der Waals surface area contributed by atoms with E-state index in [1.54, 1.807) is 11.0 Å². The number of hydrogen-bond acceptors (Lipinski definition) is 5. The second kappa shape index (κ2) is 6.19. The predicted octanol–water partition coefficient (Wildman–Crippen LogP) is 2.85. The normalized spacial score (nSPS) is 15.6. The molecule has 0 atom stereocenters. The second-order valence-corrected chi connectivity index (χ2v) is 6.93. The van der Waals surface area contributed by atoms with Crippen LogP contribution in [0.1, 0.15) is 20.8 Å². The van der Waals surface area contributed by atoms with Gasteiger partial charge >= 0.3 is 11.7 Å². The van der Waals surface area contributed by atoms with Crippen molar-refractivity contribution in [1.82, 2.24) is 4.90 Å². The van der Waals surface area contributed by atoms with Gasteiger partial charge < -0.3 is 19.0 Å². The third kappa shape index (κ3) is 3.69. The number of piperazine rings is 1. The number of rotatable bonds is 1. The SMILES string of the molecule is CC(C)(C)OC(=O)N1CCN(c2ccc3oc(=O)ccc3c2)CC1. The molecule has 1 aromatic heterocycles. The third-order valence-corrected chi connectivity index (χ3v) is 3.90. The van der Waals surface area contributed by atoms with Crippen LogP contribution in [0.5, 0.6) is 0 Å². The lowest BCUT2D eigenvalue weighted by Crippen LogP contribution is -2.50. The number of anilines is 1. The number of hydrogen-bond donors (Lipinski definition) is 0. The number of carbonyl (C=O) groups is 1. The zero-order chi connectivity index (χ0) is 17.3. The van der Waals surface area contributed by atoms with E-state index in [1.165, 1.54) is 6.07 Å². The van der Waals surface area contributed by atoms with Crippen LogP contribution >= 0.6 is 0 Å². The summed E-state index contributed by atoms with van der Waals surface area (Å²) in [5, 5.41) is 0.890. The van der Waals surface area contributed by atoms with Crippen molar-refractivity contribution in [1.29, 1.82) is 0 Å². The van der Waals surface area contributed by atoms with E-state index in [2.05, 4.69) is 4.90 Å². The Morgan fingerprint density at radius 1 is 1.08 bits per heavy atom. The van der Waals surface area contributed by atoms with Crippen LogP contribution in [0.25, 0.3) is 11.0 Å². The maximum atomic E-state index is 12.1. The second-order valence-electron chi connectivity index (χ2n) is 6.93. The molecule has 1 amide bonds. The molecule has 6 heteroatoms. The highest BCUT2D eigenvalue weighted by atomic mass is 16.6. The molecule has 24 heavy (non-hydrogen) atoms. The number of amides is 1. The molecule has 128 valence electrons. The van der Waals surface area contributed by atoms with Gasteiger partial charge in [-0.15, -0.1) is 0 Å². The summed E-state index contributed by atoms with van der Waals surface area (Å²) in [5.74, 6) is 0. The summed E-state index contributed by atoms with van der Waals surface area (Å²) in [6.45, 7) is 8.33. The van der Waals surface area contributed by atoms with Crippen molar-refractivity contribution < 1.29 is 13.9 Å². The molecular formula is C18H22N2O4. The summed E-state index contributed by atoms with van der Waals surface area (Å²) in [5.41, 5.74) is 0.816. The molecule has 2 heterocycles. The molecule has 1 aliphatic heterocycles. The lowest BCUT2D eigenvalue weighted by molar-refractivity contribution is 0.0240. The summed E-state index contributed by atoms with van der Waals surface area (Å²) < 4.78 is 10.6. The molecule has 0 N–H and O–H groups in total. The van der Waals surface area contributed by atoms with Gasteiger partial charge in [0, 0.05) is 43.3 Å². The fourth-order valence-electron chi connectivity index (χ4n) is 2.73. The molecule has 0 unspecified atom stereocenters. The highest BCUT2D eigenvalue weighted by Crippen LogP contribution is 2.22. The molecule has 0 radical (unpaired) electrons. The first kappa shape index (κ1) is 16.4. The van der Waals surface area contributed by atoms with Crippen molar-refractivity contribution in [2.24, 2.45) is 0 Å². The van der Waals surface area contributed by atoms with Crippen LogP contribution in [-0.4, -0.2) is 42.8 Å². The minimum Gasteiger partial charge on any atom is -0.444 e. The van der Waals surface area contributed by atoms with Gasteiger partial charge in [-0.2, -0.15) is 0 Å². The van der Waals surface area contributed by atoms with Crippen LogP contribution in [0.4, 0.5) is 10.5 Å². The molecule has 0 bridgehead atoms. The van der Waals surface area contributed by atoms with Gasteiger partial charge in [0.25, 0.3) is 0 Å². The first-order valence-corrected chi connectivity index (χ1v) is 8.09. The first-order chi connectivity index (χ1) is 11.3. The summed E-state index contributed by atoms with van der Waals surface area (Å²) >= 11 is 0. The van der Waals surface area contributed by atoms with E-state index in [0.29, 0.717) is 18.7 Å². The van der Waals surface area contributed by atoms with Crippen LogP contribution in [0, 0.1) is 0 Å². The number of benzene rings is 1. The average molecular weight is 330 g/mol. The van der Waals surface area contributed by atoms with Gasteiger partial charge in [-0.1, -0.05) is 0 Å². The Labute approximate surface area is 140 Å². The molecule has 1 aliphatic rings. The van der Waals surface area contributed by atoms with E-state index in [4.69, 9.17) is 9.15 Å². The van der Waals surface area contributed by atoms with E-state index >= 15 is 0 Å². The van der Waals surface area contributed by atoms with Gasteiger partial charge in [-0.25, -0.2) is 9.59 Å². The summed E-state index contributed by atoms with van der Waals surface area (Å²) in [6, 6.07) is 8.94. The number of ether oxygens (including phenoxy) is 1. The largest absolute Gasteiger partial charge is 0.444 e. The highest BCUT2D eigenvalue weighted by molar-refractivity contribution is 5.80. The fraction of sp³-hybridized carbons (Fsp3) is 0.444. The Balaban J connectivity index is 1.67. The number of nitrogens with zero attached hydrogens (tertiary/aromatic N) is 2. The molecule has 0 aliphatic carbocycles. The zero-order valence-corrected chi connectivity index (χ0v) is 14.2. The molecule has 3 rings (SSSR count). The quantitative estimate of drug-likeness (QED) is 0.752. The molecule has 2 aromatic rings. The summed E-state index contributed by atoms with van der Waals surface area (Å²) in [7, 11) is 0. The van der Waals surface area contributed by atoms with E-state index in [9.17, 15) is 9.59 Å². The van der Waals surface area contributed by atoms with Crippen molar-refractivity contribution >= 4 is 22.7 Å². The molecule has 1 aromatic carbocycles. The van der Waals surface area contributed by atoms with E-state index in [0.717, 1.165) is 24.2 Å². The maximum Gasteiger partial charge on any atom is 0.410 e. The van der Waals surface area contributed by atoms with Gasteiger partial charge in [0.1, 0.15) is 11.2 Å². The zero-order valence-electron chi connectivity index (χ0n) is 14.2.